The number of amides is 1. The fraction of sp³-hybridized carbons (Fsp3) is 0.863. The molecular formula is C51H95NO9. The second kappa shape index (κ2) is 41.1. The standard InChI is InChI=1S/C51H95NO9/c1-3-5-7-9-11-13-15-17-18-19-20-21-22-23-24-25-26-28-30-32-34-36-38-40-45(55)50(59)52-43(42-60-51-49(58)48(57)47(56)46(41-53)61-51)44(54)39-37-35-33-31-29-27-16-14-12-10-8-6-4-2/h12,14,29,31,37,39,43-49,51,53-58H,3-11,13,15-28,30,32-36,38,40-42H2,1-2H3,(H,52,59)/b14-12+,31-29+,39-37+. The van der Waals surface area contributed by atoms with Crippen LogP contribution in [0.1, 0.15) is 219 Å². The first-order chi connectivity index (χ1) is 29.8. The van der Waals surface area contributed by atoms with Crippen molar-refractivity contribution in [3.05, 3.63) is 36.5 Å². The molecule has 10 heteroatoms. The summed E-state index contributed by atoms with van der Waals surface area (Å²) in [4.78, 5) is 13.1. The van der Waals surface area contributed by atoms with Gasteiger partial charge in [0, 0.05) is 0 Å². The molecule has 1 saturated heterocycles. The monoisotopic (exact) mass is 866 g/mol. The first-order valence-corrected chi connectivity index (χ1v) is 25.3. The van der Waals surface area contributed by atoms with Crippen LogP contribution >= 0.6 is 0 Å². The lowest BCUT2D eigenvalue weighted by atomic mass is 9.99. The average molecular weight is 866 g/mol. The Bertz CT molecular complexity index is 1070. The maximum atomic E-state index is 13.1. The van der Waals surface area contributed by atoms with Crippen LogP contribution < -0.4 is 5.32 Å². The predicted octanol–water partition coefficient (Wildman–Crippen LogP) is 10.2. The normalized spacial score (nSPS) is 21.2. The van der Waals surface area contributed by atoms with Gasteiger partial charge in [0.25, 0.3) is 0 Å². The van der Waals surface area contributed by atoms with Crippen LogP contribution in [0, 0.1) is 0 Å². The third-order valence-electron chi connectivity index (χ3n) is 12.1. The van der Waals surface area contributed by atoms with Gasteiger partial charge in [-0.15, -0.1) is 0 Å². The van der Waals surface area contributed by atoms with Gasteiger partial charge in [0.05, 0.1) is 25.4 Å². The van der Waals surface area contributed by atoms with Gasteiger partial charge in [0.2, 0.25) is 5.91 Å². The molecule has 1 aliphatic rings. The van der Waals surface area contributed by atoms with Gasteiger partial charge in [-0.3, -0.25) is 4.79 Å². The van der Waals surface area contributed by atoms with E-state index in [1.807, 2.05) is 6.08 Å². The summed E-state index contributed by atoms with van der Waals surface area (Å²) in [6.45, 7) is 3.56. The molecule has 10 nitrogen and oxygen atoms in total. The summed E-state index contributed by atoms with van der Waals surface area (Å²) in [6.07, 6.45) is 41.0. The third-order valence-corrected chi connectivity index (χ3v) is 12.1. The summed E-state index contributed by atoms with van der Waals surface area (Å²) >= 11 is 0. The Morgan fingerprint density at radius 3 is 1.43 bits per heavy atom. The molecule has 0 radical (unpaired) electrons. The third kappa shape index (κ3) is 31.0. The Balaban J connectivity index is 2.31. The fourth-order valence-electron chi connectivity index (χ4n) is 7.90. The lowest BCUT2D eigenvalue weighted by molar-refractivity contribution is -0.302. The average Bonchev–Trinajstić information content (AvgIpc) is 3.26. The van der Waals surface area contributed by atoms with Crippen molar-refractivity contribution in [1.82, 2.24) is 5.32 Å². The number of hydrogen-bond acceptors (Lipinski definition) is 9. The van der Waals surface area contributed by atoms with Gasteiger partial charge in [-0.25, -0.2) is 0 Å². The van der Waals surface area contributed by atoms with Crippen molar-refractivity contribution in [1.29, 1.82) is 0 Å². The lowest BCUT2D eigenvalue weighted by Gasteiger charge is -2.40. The van der Waals surface area contributed by atoms with Crippen LogP contribution in [0.5, 0.6) is 0 Å². The molecule has 1 aliphatic heterocycles. The zero-order chi connectivity index (χ0) is 44.6. The molecule has 1 amide bonds. The summed E-state index contributed by atoms with van der Waals surface area (Å²) in [5.74, 6) is -0.629. The summed E-state index contributed by atoms with van der Waals surface area (Å²) in [5.41, 5.74) is 0. The SMILES string of the molecule is CCCCC/C=C/CC/C=C/CC/C=C/C(O)C(COC1OC(CO)C(O)C(O)C1O)NC(=O)C(O)CCCCCCCCCCCCCCCCCCCCCCCCC. The molecule has 8 unspecified atom stereocenters. The number of rotatable bonds is 42. The van der Waals surface area contributed by atoms with Crippen LogP contribution in [0.2, 0.25) is 0 Å². The van der Waals surface area contributed by atoms with Crippen molar-refractivity contribution in [2.24, 2.45) is 0 Å². The highest BCUT2D eigenvalue weighted by molar-refractivity contribution is 5.80. The molecule has 1 rings (SSSR count). The fourth-order valence-corrected chi connectivity index (χ4v) is 7.90. The molecule has 358 valence electrons. The van der Waals surface area contributed by atoms with E-state index in [0.717, 1.165) is 44.9 Å². The highest BCUT2D eigenvalue weighted by Gasteiger charge is 2.44. The van der Waals surface area contributed by atoms with Crippen LogP contribution in [-0.2, 0) is 14.3 Å². The van der Waals surface area contributed by atoms with Crippen LogP contribution in [0.15, 0.2) is 36.5 Å². The number of ether oxygens (including phenoxy) is 2. The number of nitrogens with one attached hydrogen (secondary N) is 1. The molecule has 7 N–H and O–H groups in total. The van der Waals surface area contributed by atoms with E-state index in [-0.39, 0.29) is 6.61 Å². The molecule has 0 aromatic rings. The van der Waals surface area contributed by atoms with Gasteiger partial charge in [-0.05, 0) is 44.9 Å². The van der Waals surface area contributed by atoms with Crippen molar-refractivity contribution < 1.29 is 44.9 Å². The first-order valence-electron chi connectivity index (χ1n) is 25.3. The topological polar surface area (TPSA) is 169 Å². The molecule has 0 aromatic carbocycles. The molecule has 0 saturated carbocycles. The molecule has 1 heterocycles. The van der Waals surface area contributed by atoms with E-state index in [1.165, 1.54) is 141 Å². The second-order valence-electron chi connectivity index (χ2n) is 17.7. The number of aliphatic hydroxyl groups excluding tert-OH is 6. The number of carbonyl (C=O) groups excluding carboxylic acids is 1. The van der Waals surface area contributed by atoms with Crippen molar-refractivity contribution in [3.63, 3.8) is 0 Å². The van der Waals surface area contributed by atoms with Crippen molar-refractivity contribution in [2.75, 3.05) is 13.2 Å². The quantitative estimate of drug-likeness (QED) is 0.0233. The minimum atomic E-state index is -1.62. The van der Waals surface area contributed by atoms with Gasteiger partial charge >= 0.3 is 0 Å². The minimum absolute atomic E-state index is 0.304. The summed E-state index contributed by atoms with van der Waals surface area (Å²) in [6, 6.07) is -1.00. The molecule has 0 aromatic heterocycles. The molecule has 61 heavy (non-hydrogen) atoms. The van der Waals surface area contributed by atoms with Gasteiger partial charge in [-0.1, -0.05) is 211 Å². The van der Waals surface area contributed by atoms with Crippen molar-refractivity contribution in [2.45, 2.75) is 268 Å². The van der Waals surface area contributed by atoms with Crippen LogP contribution in [0.4, 0.5) is 0 Å². The summed E-state index contributed by atoms with van der Waals surface area (Å²) < 4.78 is 11.1. The van der Waals surface area contributed by atoms with Gasteiger partial charge in [-0.2, -0.15) is 0 Å². The number of unbranched alkanes of at least 4 members (excludes halogenated alkanes) is 27. The molecule has 0 spiro atoms. The number of carbonyl (C=O) groups is 1. The van der Waals surface area contributed by atoms with Crippen LogP contribution in [0.25, 0.3) is 0 Å². The number of hydrogen-bond donors (Lipinski definition) is 7. The summed E-state index contributed by atoms with van der Waals surface area (Å²) in [7, 11) is 0. The maximum Gasteiger partial charge on any atom is 0.249 e. The van der Waals surface area contributed by atoms with E-state index in [4.69, 9.17) is 9.47 Å². The summed E-state index contributed by atoms with van der Waals surface area (Å²) in [5, 5.41) is 64.7. The molecule has 1 fully saturated rings. The molecule has 8 atom stereocenters. The second-order valence-corrected chi connectivity index (χ2v) is 17.7. The first kappa shape index (κ1) is 57.4. The minimum Gasteiger partial charge on any atom is -0.394 e. The van der Waals surface area contributed by atoms with E-state index in [2.05, 4.69) is 43.5 Å². The number of aliphatic hydroxyl groups is 6. The van der Waals surface area contributed by atoms with Gasteiger partial charge in [0.15, 0.2) is 6.29 Å². The Morgan fingerprint density at radius 1 is 0.557 bits per heavy atom. The zero-order valence-corrected chi connectivity index (χ0v) is 39.0. The lowest BCUT2D eigenvalue weighted by Crippen LogP contribution is -2.60. The zero-order valence-electron chi connectivity index (χ0n) is 39.0. The molecular weight excluding hydrogens is 771 g/mol. The van der Waals surface area contributed by atoms with Crippen LogP contribution in [-0.4, -0.2) is 98.7 Å². The van der Waals surface area contributed by atoms with Crippen molar-refractivity contribution in [3.8, 4) is 0 Å². The van der Waals surface area contributed by atoms with E-state index in [1.54, 1.807) is 6.08 Å². The van der Waals surface area contributed by atoms with Gasteiger partial charge in [0.1, 0.15) is 30.5 Å². The Kier molecular flexibility index (Phi) is 38.7. The highest BCUT2D eigenvalue weighted by atomic mass is 16.7. The number of allylic oxidation sites excluding steroid dienone is 5. The maximum absolute atomic E-state index is 13.1. The van der Waals surface area contributed by atoms with Crippen molar-refractivity contribution >= 4 is 5.91 Å². The Morgan fingerprint density at radius 2 is 0.967 bits per heavy atom. The van der Waals surface area contributed by atoms with Gasteiger partial charge < -0.3 is 45.4 Å². The van der Waals surface area contributed by atoms with E-state index < -0.39 is 61.5 Å². The van der Waals surface area contributed by atoms with E-state index in [0.29, 0.717) is 19.3 Å². The molecule has 0 bridgehead atoms. The Labute approximate surface area is 373 Å². The predicted molar refractivity (Wildman–Crippen MR) is 250 cm³/mol. The highest BCUT2D eigenvalue weighted by Crippen LogP contribution is 2.23. The molecule has 0 aliphatic carbocycles. The van der Waals surface area contributed by atoms with E-state index in [9.17, 15) is 35.4 Å². The van der Waals surface area contributed by atoms with Crippen LogP contribution in [0.3, 0.4) is 0 Å². The Hall–Kier alpha value is -1.63. The largest absolute Gasteiger partial charge is 0.394 e. The smallest absolute Gasteiger partial charge is 0.249 e. The van der Waals surface area contributed by atoms with E-state index >= 15 is 0 Å².